The van der Waals surface area contributed by atoms with Crippen molar-refractivity contribution in [3.63, 3.8) is 0 Å². The molecule has 0 saturated carbocycles. The predicted molar refractivity (Wildman–Crippen MR) is 127 cm³/mol. The summed E-state index contributed by atoms with van der Waals surface area (Å²) >= 11 is 0. The van der Waals surface area contributed by atoms with Gasteiger partial charge in [0, 0.05) is 0 Å². The minimum absolute atomic E-state index is 0.158. The van der Waals surface area contributed by atoms with E-state index in [0.717, 1.165) is 0 Å². The highest BCUT2D eigenvalue weighted by molar-refractivity contribution is 6.08. The van der Waals surface area contributed by atoms with Gasteiger partial charge in [0.25, 0.3) is 0 Å². The van der Waals surface area contributed by atoms with E-state index in [1.165, 1.54) is 47.5 Å². The number of phenols is 1. The molecule has 0 amide bonds. The number of carboxylic acids is 1. The highest BCUT2D eigenvalue weighted by atomic mass is 16.4. The smallest absolute Gasteiger partial charge is 0.349 e. The molecule has 0 aliphatic heterocycles. The maximum Gasteiger partial charge on any atom is 0.349 e. The van der Waals surface area contributed by atoms with Gasteiger partial charge in [0.15, 0.2) is 0 Å². The molecule has 33 heavy (non-hydrogen) atoms. The van der Waals surface area contributed by atoms with Crippen LogP contribution < -0.4 is 11.3 Å². The molecule has 0 fully saturated rings. The Morgan fingerprint density at radius 1 is 0.606 bits per heavy atom. The van der Waals surface area contributed by atoms with E-state index in [4.69, 9.17) is 0 Å². The van der Waals surface area contributed by atoms with E-state index < -0.39 is 28.5 Å². The third-order valence-corrected chi connectivity index (χ3v) is 5.11. The van der Waals surface area contributed by atoms with E-state index in [9.17, 15) is 24.6 Å². The molecule has 0 radical (unpaired) electrons. The molecule has 0 saturated heterocycles. The number of benzene rings is 4. The molecule has 8 aromatic rings. The third-order valence-electron chi connectivity index (χ3n) is 5.11. The summed E-state index contributed by atoms with van der Waals surface area (Å²) in [6.45, 7) is 0. The van der Waals surface area contributed by atoms with Crippen LogP contribution in [0.1, 0.15) is 10.4 Å². The van der Waals surface area contributed by atoms with Crippen LogP contribution in [0.4, 0.5) is 0 Å². The van der Waals surface area contributed by atoms with Crippen molar-refractivity contribution in [1.82, 2.24) is 0 Å². The minimum atomic E-state index is -1.38. The van der Waals surface area contributed by atoms with Crippen molar-refractivity contribution in [3.8, 4) is 16.9 Å². The minimum Gasteiger partial charge on any atom is -0.506 e. The van der Waals surface area contributed by atoms with E-state index in [2.05, 4.69) is 52.9 Å². The molecule has 2 N–H and O–H groups in total. The number of aromatic carboxylic acids is 1. The average molecular weight is 438 g/mol. The van der Waals surface area contributed by atoms with Gasteiger partial charge in [-0.2, -0.15) is 0 Å². The first-order chi connectivity index (χ1) is 16.0. The van der Waals surface area contributed by atoms with Crippen molar-refractivity contribution >= 4 is 27.5 Å². The standard InChI is InChI=1S/C15H8O6.C12H10/c16-12-10-6-5-9(11(12)13(17)18)7-1-3-8(4-2-7)14(19)21-15(10)20;1-3-7-11(8-4-1)12-9-5-2-6-10-12/h1-6,16H,(H,17,18);1-10H. The summed E-state index contributed by atoms with van der Waals surface area (Å²) in [5, 5.41) is 19.8. The number of aromatic hydroxyl groups is 1. The van der Waals surface area contributed by atoms with E-state index in [0.29, 0.717) is 5.39 Å². The largest absolute Gasteiger partial charge is 0.506 e. The van der Waals surface area contributed by atoms with E-state index in [1.807, 2.05) is 12.1 Å². The molecule has 0 atom stereocenters. The van der Waals surface area contributed by atoms with Crippen molar-refractivity contribution in [2.24, 2.45) is 0 Å². The first-order valence-electron chi connectivity index (χ1n) is 10.0. The summed E-state index contributed by atoms with van der Waals surface area (Å²) in [7, 11) is 0. The summed E-state index contributed by atoms with van der Waals surface area (Å²) in [6, 6.07) is 29.3. The second-order valence-corrected chi connectivity index (χ2v) is 7.18. The Bertz CT molecular complexity index is 1510. The lowest BCUT2D eigenvalue weighted by Gasteiger charge is -2.03. The molecule has 6 nitrogen and oxygen atoms in total. The van der Waals surface area contributed by atoms with Crippen LogP contribution >= 0.6 is 0 Å². The second-order valence-electron chi connectivity index (χ2n) is 7.18. The number of carbonyl (C=O) groups is 1. The molecule has 0 aliphatic rings. The van der Waals surface area contributed by atoms with Gasteiger partial charge in [-0.15, -0.1) is 0 Å². The van der Waals surface area contributed by atoms with Gasteiger partial charge in [-0.1, -0.05) is 78.9 Å². The Morgan fingerprint density at radius 3 is 1.61 bits per heavy atom. The van der Waals surface area contributed by atoms with Crippen LogP contribution in [0.3, 0.4) is 0 Å². The fourth-order valence-corrected chi connectivity index (χ4v) is 3.46. The van der Waals surface area contributed by atoms with Crippen LogP contribution in [0.2, 0.25) is 0 Å². The van der Waals surface area contributed by atoms with Gasteiger partial charge in [0.2, 0.25) is 0 Å². The molecular weight excluding hydrogens is 420 g/mol. The average Bonchev–Trinajstić information content (AvgIpc) is 2.89. The van der Waals surface area contributed by atoms with Crippen LogP contribution in [0.5, 0.6) is 5.75 Å². The number of rotatable bonds is 2. The Hall–Kier alpha value is -4.71. The molecule has 4 aromatic heterocycles. The molecule has 0 spiro atoms. The zero-order chi connectivity index (χ0) is 23.4. The molecule has 6 heteroatoms. The number of carboxylic acid groups (broad SMARTS) is 1. The van der Waals surface area contributed by atoms with Gasteiger partial charge in [-0.05, 0) is 40.1 Å². The quantitative estimate of drug-likeness (QED) is 0.399. The zero-order valence-electron chi connectivity index (χ0n) is 17.3. The molecule has 4 aromatic carbocycles. The summed E-state index contributed by atoms with van der Waals surface area (Å²) < 4.78 is 4.63. The van der Waals surface area contributed by atoms with Gasteiger partial charge in [-0.25, -0.2) is 14.4 Å². The van der Waals surface area contributed by atoms with Gasteiger partial charge in [-0.3, -0.25) is 0 Å². The van der Waals surface area contributed by atoms with Crippen LogP contribution in [-0.4, -0.2) is 16.2 Å². The van der Waals surface area contributed by atoms with Crippen molar-refractivity contribution in [2.75, 3.05) is 0 Å². The molecule has 0 aliphatic carbocycles. The van der Waals surface area contributed by atoms with E-state index in [1.54, 1.807) is 0 Å². The first kappa shape index (κ1) is 21.5. The normalized spacial score (nSPS) is 10.4. The van der Waals surface area contributed by atoms with Crippen LogP contribution in [0.25, 0.3) is 32.7 Å². The molecule has 0 unspecified atom stereocenters. The maximum atomic E-state index is 11.9. The highest BCUT2D eigenvalue weighted by Gasteiger charge is 2.17. The first-order valence-corrected chi connectivity index (χ1v) is 10.0. The Balaban J connectivity index is 0.000000183. The predicted octanol–water partition coefficient (Wildman–Crippen LogP) is 5.06. The molecule has 4 heterocycles. The lowest BCUT2D eigenvalue weighted by Crippen LogP contribution is -2.07. The Labute approximate surface area is 187 Å². The molecule has 162 valence electrons. The summed E-state index contributed by atoms with van der Waals surface area (Å²) in [5.74, 6) is -2.10. The van der Waals surface area contributed by atoms with Crippen molar-refractivity contribution < 1.29 is 19.4 Å². The monoisotopic (exact) mass is 438 g/mol. The van der Waals surface area contributed by atoms with Crippen molar-refractivity contribution in [1.29, 1.82) is 0 Å². The van der Waals surface area contributed by atoms with Gasteiger partial charge < -0.3 is 14.6 Å². The summed E-state index contributed by atoms with van der Waals surface area (Å²) in [4.78, 5) is 35.0. The SMILES string of the molecule is O=C(O)c1c(O)c2ccc1c1ccc(cc1)c(=O)oc2=O.c1ccc(-c2ccccc2)cc1. The molecular formula is C27H18O6. The Kier molecular flexibility index (Phi) is 6.00. The fourth-order valence-electron chi connectivity index (χ4n) is 3.46. The van der Waals surface area contributed by atoms with Crippen LogP contribution in [0.15, 0.2) is 111 Å². The third kappa shape index (κ3) is 4.50. The van der Waals surface area contributed by atoms with E-state index >= 15 is 0 Å². The second kappa shape index (κ2) is 9.20. The summed E-state index contributed by atoms with van der Waals surface area (Å²) in [6.07, 6.45) is 0. The lowest BCUT2D eigenvalue weighted by atomic mass is 10.0. The van der Waals surface area contributed by atoms with Gasteiger partial charge >= 0.3 is 17.2 Å². The topological polar surface area (TPSA) is 105 Å². The Morgan fingerprint density at radius 2 is 1.09 bits per heavy atom. The van der Waals surface area contributed by atoms with Gasteiger partial charge in [0.1, 0.15) is 16.7 Å². The van der Waals surface area contributed by atoms with Crippen LogP contribution in [0, 0.1) is 0 Å². The van der Waals surface area contributed by atoms with Crippen molar-refractivity contribution in [3.05, 3.63) is 123 Å². The van der Waals surface area contributed by atoms with Crippen LogP contribution in [-0.2, 0) is 0 Å². The molecule has 4 bridgehead atoms. The number of hydrogen-bond donors (Lipinski definition) is 2. The maximum absolute atomic E-state index is 11.9. The number of hydrogen-bond acceptors (Lipinski definition) is 5. The zero-order valence-corrected chi connectivity index (χ0v) is 17.3. The molecule has 8 rings (SSSR count). The summed E-state index contributed by atoms with van der Waals surface area (Å²) in [5.41, 5.74) is 0.173. The highest BCUT2D eigenvalue weighted by Crippen LogP contribution is 2.28. The van der Waals surface area contributed by atoms with Gasteiger partial charge in [0.05, 0.1) is 5.39 Å². The van der Waals surface area contributed by atoms with Crippen molar-refractivity contribution in [2.45, 2.75) is 0 Å². The van der Waals surface area contributed by atoms with E-state index in [-0.39, 0.29) is 16.2 Å². The lowest BCUT2D eigenvalue weighted by molar-refractivity contribution is 0.0696. The fraction of sp³-hybridized carbons (Fsp3) is 0.